The number of nitrogens with zero attached hydrogens (tertiary/aromatic N) is 3. The van der Waals surface area contributed by atoms with Gasteiger partial charge in [-0.3, -0.25) is 14.5 Å². The first-order chi connectivity index (χ1) is 14.6. The van der Waals surface area contributed by atoms with Crippen molar-refractivity contribution in [3.8, 4) is 0 Å². The molecular weight excluding hydrogens is 374 g/mol. The first-order valence-electron chi connectivity index (χ1n) is 11.1. The molecule has 158 valence electrons. The van der Waals surface area contributed by atoms with Gasteiger partial charge in [0.15, 0.2) is 0 Å². The standard InChI is InChI=1S/C25H31N3O2/c1-20-10-8-9-15-28(20)25(30)24(29)27-18-16-26(17-19-27)23(21-11-4-2-5-12-21)22-13-6-3-7-14-22/h2-7,11-14,20,23H,8-10,15-19H2,1H3. The van der Waals surface area contributed by atoms with Gasteiger partial charge in [0.2, 0.25) is 0 Å². The molecule has 2 aromatic rings. The number of hydrogen-bond donors (Lipinski definition) is 0. The number of piperidine rings is 1. The van der Waals surface area contributed by atoms with Crippen LogP contribution in [0.1, 0.15) is 43.4 Å². The van der Waals surface area contributed by atoms with Crippen molar-refractivity contribution in [2.75, 3.05) is 32.7 Å². The minimum Gasteiger partial charge on any atom is -0.332 e. The van der Waals surface area contributed by atoms with Gasteiger partial charge < -0.3 is 9.80 Å². The van der Waals surface area contributed by atoms with Crippen LogP contribution in [0, 0.1) is 0 Å². The molecule has 2 aliphatic rings. The van der Waals surface area contributed by atoms with E-state index < -0.39 is 0 Å². The third kappa shape index (κ3) is 4.41. The lowest BCUT2D eigenvalue weighted by Gasteiger charge is -2.40. The highest BCUT2D eigenvalue weighted by Gasteiger charge is 2.34. The molecular formula is C25H31N3O2. The molecule has 30 heavy (non-hydrogen) atoms. The minimum atomic E-state index is -0.334. The predicted octanol–water partition coefficient (Wildman–Crippen LogP) is 3.32. The summed E-state index contributed by atoms with van der Waals surface area (Å²) in [5.41, 5.74) is 2.50. The van der Waals surface area contributed by atoms with Crippen molar-refractivity contribution in [3.63, 3.8) is 0 Å². The average molecular weight is 406 g/mol. The highest BCUT2D eigenvalue weighted by atomic mass is 16.2. The van der Waals surface area contributed by atoms with Gasteiger partial charge in [-0.05, 0) is 37.3 Å². The molecule has 2 heterocycles. The van der Waals surface area contributed by atoms with Crippen LogP contribution in [0.15, 0.2) is 60.7 Å². The van der Waals surface area contributed by atoms with Crippen LogP contribution < -0.4 is 0 Å². The third-order valence-corrected chi connectivity index (χ3v) is 6.44. The largest absolute Gasteiger partial charge is 0.332 e. The SMILES string of the molecule is CC1CCCCN1C(=O)C(=O)N1CCN(C(c2ccccc2)c2ccccc2)CC1. The molecule has 0 aliphatic carbocycles. The van der Waals surface area contributed by atoms with Crippen molar-refractivity contribution >= 4 is 11.8 Å². The van der Waals surface area contributed by atoms with Crippen molar-refractivity contribution in [3.05, 3.63) is 71.8 Å². The van der Waals surface area contributed by atoms with E-state index >= 15 is 0 Å². The molecule has 0 N–H and O–H groups in total. The number of piperazine rings is 1. The fourth-order valence-corrected chi connectivity index (χ4v) is 4.73. The number of amides is 2. The molecule has 0 bridgehead atoms. The smallest absolute Gasteiger partial charge is 0.312 e. The Bertz CT molecular complexity index is 808. The molecule has 0 aromatic heterocycles. The molecule has 0 spiro atoms. The van der Waals surface area contributed by atoms with Gasteiger partial charge in [0.05, 0.1) is 6.04 Å². The van der Waals surface area contributed by atoms with E-state index in [1.807, 2.05) is 19.1 Å². The topological polar surface area (TPSA) is 43.9 Å². The fraction of sp³-hybridized carbons (Fsp3) is 0.440. The van der Waals surface area contributed by atoms with E-state index in [1.54, 1.807) is 9.80 Å². The molecule has 2 amide bonds. The Balaban J connectivity index is 1.44. The van der Waals surface area contributed by atoms with Crippen LogP contribution in [-0.2, 0) is 9.59 Å². The average Bonchev–Trinajstić information content (AvgIpc) is 2.81. The Morgan fingerprint density at radius 2 is 1.33 bits per heavy atom. The maximum atomic E-state index is 12.9. The van der Waals surface area contributed by atoms with E-state index in [9.17, 15) is 9.59 Å². The second kappa shape index (κ2) is 9.43. The number of likely N-dealkylation sites (tertiary alicyclic amines) is 1. The van der Waals surface area contributed by atoms with Gasteiger partial charge in [-0.25, -0.2) is 0 Å². The lowest BCUT2D eigenvalue weighted by atomic mass is 9.96. The first kappa shape index (κ1) is 20.6. The Kier molecular flexibility index (Phi) is 6.48. The van der Waals surface area contributed by atoms with Gasteiger partial charge in [-0.15, -0.1) is 0 Å². The number of carbonyl (C=O) groups is 2. The maximum Gasteiger partial charge on any atom is 0.312 e. The van der Waals surface area contributed by atoms with E-state index in [0.29, 0.717) is 19.6 Å². The van der Waals surface area contributed by atoms with Gasteiger partial charge in [0.25, 0.3) is 0 Å². The quantitative estimate of drug-likeness (QED) is 0.736. The van der Waals surface area contributed by atoms with Crippen molar-refractivity contribution in [2.24, 2.45) is 0 Å². The molecule has 0 radical (unpaired) electrons. The second-order valence-corrected chi connectivity index (χ2v) is 8.40. The van der Waals surface area contributed by atoms with Crippen LogP contribution in [0.25, 0.3) is 0 Å². The number of benzene rings is 2. The normalized spacial score (nSPS) is 20.4. The van der Waals surface area contributed by atoms with E-state index in [4.69, 9.17) is 0 Å². The van der Waals surface area contributed by atoms with E-state index in [-0.39, 0.29) is 23.9 Å². The van der Waals surface area contributed by atoms with Crippen LogP contribution >= 0.6 is 0 Å². The molecule has 2 fully saturated rings. The summed E-state index contributed by atoms with van der Waals surface area (Å²) in [5, 5.41) is 0. The summed E-state index contributed by atoms with van der Waals surface area (Å²) in [4.78, 5) is 31.6. The fourth-order valence-electron chi connectivity index (χ4n) is 4.73. The van der Waals surface area contributed by atoms with Gasteiger partial charge in [0, 0.05) is 38.8 Å². The second-order valence-electron chi connectivity index (χ2n) is 8.40. The molecule has 4 rings (SSSR count). The lowest BCUT2D eigenvalue weighted by molar-refractivity contribution is -0.154. The number of hydrogen-bond acceptors (Lipinski definition) is 3. The number of rotatable bonds is 3. The number of carbonyl (C=O) groups excluding carboxylic acids is 2. The molecule has 1 atom stereocenters. The Hall–Kier alpha value is -2.66. The molecule has 2 aromatic carbocycles. The molecule has 1 unspecified atom stereocenters. The van der Waals surface area contributed by atoms with Crippen LogP contribution in [0.4, 0.5) is 0 Å². The molecule has 2 aliphatic heterocycles. The predicted molar refractivity (Wildman–Crippen MR) is 118 cm³/mol. The summed E-state index contributed by atoms with van der Waals surface area (Å²) in [6, 6.07) is 21.3. The summed E-state index contributed by atoms with van der Waals surface area (Å²) in [7, 11) is 0. The highest BCUT2D eigenvalue weighted by Crippen LogP contribution is 2.29. The molecule has 0 saturated carbocycles. The van der Waals surface area contributed by atoms with E-state index in [0.717, 1.165) is 32.4 Å². The summed E-state index contributed by atoms with van der Waals surface area (Å²) >= 11 is 0. The zero-order valence-electron chi connectivity index (χ0n) is 17.7. The lowest BCUT2D eigenvalue weighted by Crippen LogP contribution is -2.55. The molecule has 5 heteroatoms. The van der Waals surface area contributed by atoms with Crippen molar-refractivity contribution < 1.29 is 9.59 Å². The van der Waals surface area contributed by atoms with Crippen LogP contribution in [0.5, 0.6) is 0 Å². The van der Waals surface area contributed by atoms with Crippen LogP contribution in [0.2, 0.25) is 0 Å². The monoisotopic (exact) mass is 405 g/mol. The van der Waals surface area contributed by atoms with Gasteiger partial charge in [-0.1, -0.05) is 60.7 Å². The third-order valence-electron chi connectivity index (χ3n) is 6.44. The summed E-state index contributed by atoms with van der Waals surface area (Å²) < 4.78 is 0. The minimum absolute atomic E-state index is 0.155. The molecule has 2 saturated heterocycles. The van der Waals surface area contributed by atoms with Crippen LogP contribution in [0.3, 0.4) is 0 Å². The summed E-state index contributed by atoms with van der Waals surface area (Å²) in [6.45, 7) is 5.43. The summed E-state index contributed by atoms with van der Waals surface area (Å²) in [5.74, 6) is -0.655. The van der Waals surface area contributed by atoms with E-state index in [1.165, 1.54) is 11.1 Å². The van der Waals surface area contributed by atoms with Crippen molar-refractivity contribution in [1.29, 1.82) is 0 Å². The Labute approximate surface area is 179 Å². The molecule has 5 nitrogen and oxygen atoms in total. The van der Waals surface area contributed by atoms with Gasteiger partial charge in [-0.2, -0.15) is 0 Å². The first-order valence-corrected chi connectivity index (χ1v) is 11.1. The Morgan fingerprint density at radius 1 is 0.767 bits per heavy atom. The maximum absolute atomic E-state index is 12.9. The van der Waals surface area contributed by atoms with Crippen molar-refractivity contribution in [1.82, 2.24) is 14.7 Å². The summed E-state index contributed by atoms with van der Waals surface area (Å²) in [6.07, 6.45) is 3.12. The van der Waals surface area contributed by atoms with Crippen molar-refractivity contribution in [2.45, 2.75) is 38.3 Å². The zero-order chi connectivity index (χ0) is 20.9. The van der Waals surface area contributed by atoms with Gasteiger partial charge in [0.1, 0.15) is 0 Å². The van der Waals surface area contributed by atoms with E-state index in [2.05, 4.69) is 53.4 Å². The highest BCUT2D eigenvalue weighted by molar-refractivity contribution is 6.35. The van der Waals surface area contributed by atoms with Gasteiger partial charge >= 0.3 is 11.8 Å². The zero-order valence-corrected chi connectivity index (χ0v) is 17.7. The van der Waals surface area contributed by atoms with Crippen LogP contribution in [-0.4, -0.2) is 65.3 Å². The Morgan fingerprint density at radius 3 is 1.87 bits per heavy atom.